The summed E-state index contributed by atoms with van der Waals surface area (Å²) in [4.78, 5) is 24.5. The van der Waals surface area contributed by atoms with E-state index in [2.05, 4.69) is 10.6 Å². The fourth-order valence-corrected chi connectivity index (χ4v) is 2.79. The second-order valence-electron chi connectivity index (χ2n) is 6.06. The molecule has 0 spiro atoms. The van der Waals surface area contributed by atoms with Gasteiger partial charge in [-0.05, 0) is 29.8 Å². The van der Waals surface area contributed by atoms with Crippen LogP contribution in [-0.4, -0.2) is 46.5 Å². The molecule has 1 heterocycles. The molecular formula is C20H22N2O7. The van der Waals surface area contributed by atoms with Crippen molar-refractivity contribution in [3.63, 3.8) is 0 Å². The van der Waals surface area contributed by atoms with Gasteiger partial charge < -0.3 is 34.3 Å². The summed E-state index contributed by atoms with van der Waals surface area (Å²) in [6.45, 7) is 0.313. The van der Waals surface area contributed by atoms with Crippen molar-refractivity contribution in [2.45, 2.75) is 6.54 Å². The highest BCUT2D eigenvalue weighted by molar-refractivity contribution is 5.97. The molecule has 0 bridgehead atoms. The quantitative estimate of drug-likeness (QED) is 0.689. The molecule has 1 aliphatic rings. The minimum absolute atomic E-state index is 0.181. The van der Waals surface area contributed by atoms with Crippen molar-refractivity contribution >= 4 is 11.8 Å². The lowest BCUT2D eigenvalue weighted by Gasteiger charge is -2.14. The lowest BCUT2D eigenvalue weighted by Crippen LogP contribution is -2.36. The molecule has 29 heavy (non-hydrogen) atoms. The van der Waals surface area contributed by atoms with E-state index in [0.717, 1.165) is 5.56 Å². The zero-order chi connectivity index (χ0) is 20.8. The fourth-order valence-electron chi connectivity index (χ4n) is 2.79. The molecule has 0 saturated carbocycles. The predicted molar refractivity (Wildman–Crippen MR) is 103 cm³/mol. The second-order valence-corrected chi connectivity index (χ2v) is 6.06. The first kappa shape index (κ1) is 20.1. The third-order valence-corrected chi connectivity index (χ3v) is 4.26. The standard InChI is InChI=1S/C20H22N2O7/c1-25-16-7-13(8-17(26-2)19(16)27-3)20(24)22-10-18(23)21-9-12-4-5-14-15(6-12)29-11-28-14/h4-8H,9-11H2,1-3H3,(H,21,23)(H,22,24). The lowest BCUT2D eigenvalue weighted by molar-refractivity contribution is -0.120. The van der Waals surface area contributed by atoms with E-state index in [-0.39, 0.29) is 24.8 Å². The van der Waals surface area contributed by atoms with Crippen molar-refractivity contribution in [1.82, 2.24) is 10.6 Å². The number of benzene rings is 2. The molecule has 154 valence electrons. The first-order valence-electron chi connectivity index (χ1n) is 8.79. The molecule has 0 fully saturated rings. The zero-order valence-corrected chi connectivity index (χ0v) is 16.4. The lowest BCUT2D eigenvalue weighted by atomic mass is 10.1. The third-order valence-electron chi connectivity index (χ3n) is 4.26. The van der Waals surface area contributed by atoms with Gasteiger partial charge >= 0.3 is 0 Å². The maximum absolute atomic E-state index is 12.4. The van der Waals surface area contributed by atoms with Gasteiger partial charge in [-0.25, -0.2) is 0 Å². The Morgan fingerprint density at radius 3 is 2.28 bits per heavy atom. The second kappa shape index (κ2) is 9.05. The topological polar surface area (TPSA) is 104 Å². The van der Waals surface area contributed by atoms with E-state index in [0.29, 0.717) is 35.3 Å². The maximum Gasteiger partial charge on any atom is 0.251 e. The Hall–Kier alpha value is -3.62. The van der Waals surface area contributed by atoms with Crippen molar-refractivity contribution in [2.24, 2.45) is 0 Å². The summed E-state index contributed by atoms with van der Waals surface area (Å²) >= 11 is 0. The van der Waals surface area contributed by atoms with E-state index in [4.69, 9.17) is 23.7 Å². The van der Waals surface area contributed by atoms with Gasteiger partial charge in [0.15, 0.2) is 23.0 Å². The van der Waals surface area contributed by atoms with Gasteiger partial charge in [-0.3, -0.25) is 9.59 Å². The summed E-state index contributed by atoms with van der Waals surface area (Å²) in [5, 5.41) is 5.31. The molecule has 2 N–H and O–H groups in total. The van der Waals surface area contributed by atoms with Crippen LogP contribution in [0.4, 0.5) is 0 Å². The highest BCUT2D eigenvalue weighted by Crippen LogP contribution is 2.38. The number of nitrogens with one attached hydrogen (secondary N) is 2. The highest BCUT2D eigenvalue weighted by Gasteiger charge is 2.18. The molecule has 0 unspecified atom stereocenters. The van der Waals surface area contributed by atoms with Crippen molar-refractivity contribution in [2.75, 3.05) is 34.7 Å². The van der Waals surface area contributed by atoms with Crippen LogP contribution in [0.1, 0.15) is 15.9 Å². The van der Waals surface area contributed by atoms with Gasteiger partial charge in [0.05, 0.1) is 27.9 Å². The molecule has 3 rings (SSSR count). The minimum atomic E-state index is -0.442. The molecule has 2 amide bonds. The van der Waals surface area contributed by atoms with Crippen LogP contribution in [0.25, 0.3) is 0 Å². The molecule has 0 aromatic heterocycles. The van der Waals surface area contributed by atoms with Crippen LogP contribution in [-0.2, 0) is 11.3 Å². The normalized spacial score (nSPS) is 11.6. The first-order chi connectivity index (χ1) is 14.0. The molecule has 0 atom stereocenters. The van der Waals surface area contributed by atoms with Crippen LogP contribution >= 0.6 is 0 Å². The first-order valence-corrected chi connectivity index (χ1v) is 8.79. The summed E-state index contributed by atoms with van der Waals surface area (Å²) < 4.78 is 26.2. The van der Waals surface area contributed by atoms with Gasteiger partial charge in [-0.2, -0.15) is 0 Å². The Bertz CT molecular complexity index is 889. The molecular weight excluding hydrogens is 380 g/mol. The van der Waals surface area contributed by atoms with Crippen LogP contribution < -0.4 is 34.3 Å². The number of methoxy groups -OCH3 is 3. The Morgan fingerprint density at radius 2 is 1.62 bits per heavy atom. The van der Waals surface area contributed by atoms with Crippen molar-refractivity contribution in [1.29, 1.82) is 0 Å². The summed E-state index contributed by atoms with van der Waals surface area (Å²) in [7, 11) is 4.40. The van der Waals surface area contributed by atoms with Gasteiger partial charge in [-0.15, -0.1) is 0 Å². The number of fused-ring (bicyclic) bond motifs is 1. The number of hydrogen-bond acceptors (Lipinski definition) is 7. The van der Waals surface area contributed by atoms with Crippen molar-refractivity contribution < 1.29 is 33.3 Å². The predicted octanol–water partition coefficient (Wildman–Crippen LogP) is 1.49. The van der Waals surface area contributed by atoms with E-state index in [1.165, 1.54) is 33.5 Å². The van der Waals surface area contributed by atoms with Crippen LogP contribution in [0.15, 0.2) is 30.3 Å². The molecule has 0 saturated heterocycles. The molecule has 0 radical (unpaired) electrons. The largest absolute Gasteiger partial charge is 0.493 e. The smallest absolute Gasteiger partial charge is 0.251 e. The number of rotatable bonds is 8. The molecule has 9 heteroatoms. The number of hydrogen-bond donors (Lipinski definition) is 2. The SMILES string of the molecule is COc1cc(C(=O)NCC(=O)NCc2ccc3c(c2)OCO3)cc(OC)c1OC. The summed E-state index contributed by atoms with van der Waals surface area (Å²) in [5.74, 6) is 1.64. The summed E-state index contributed by atoms with van der Waals surface area (Å²) in [6, 6.07) is 8.46. The summed E-state index contributed by atoms with van der Waals surface area (Å²) in [6.07, 6.45) is 0. The average molecular weight is 402 g/mol. The van der Waals surface area contributed by atoms with Crippen LogP contribution in [0.5, 0.6) is 28.7 Å². The number of carbonyl (C=O) groups excluding carboxylic acids is 2. The number of amides is 2. The maximum atomic E-state index is 12.4. The molecule has 0 aliphatic carbocycles. The van der Waals surface area contributed by atoms with Crippen molar-refractivity contribution in [3.05, 3.63) is 41.5 Å². The van der Waals surface area contributed by atoms with Crippen LogP contribution in [0.3, 0.4) is 0 Å². The fraction of sp³-hybridized carbons (Fsp3) is 0.300. The van der Waals surface area contributed by atoms with Gasteiger partial charge in [-0.1, -0.05) is 6.07 Å². The van der Waals surface area contributed by atoms with E-state index in [9.17, 15) is 9.59 Å². The van der Waals surface area contributed by atoms with Crippen LogP contribution in [0, 0.1) is 0 Å². The number of carbonyl (C=O) groups is 2. The van der Waals surface area contributed by atoms with Gasteiger partial charge in [0.1, 0.15) is 0 Å². The van der Waals surface area contributed by atoms with Crippen molar-refractivity contribution in [3.8, 4) is 28.7 Å². The third kappa shape index (κ3) is 4.63. The van der Waals surface area contributed by atoms with Gasteiger partial charge in [0, 0.05) is 12.1 Å². The van der Waals surface area contributed by atoms with E-state index in [1.807, 2.05) is 6.07 Å². The Morgan fingerprint density at radius 1 is 0.931 bits per heavy atom. The molecule has 1 aliphatic heterocycles. The van der Waals surface area contributed by atoms with E-state index < -0.39 is 5.91 Å². The highest BCUT2D eigenvalue weighted by atomic mass is 16.7. The monoisotopic (exact) mass is 402 g/mol. The Kier molecular flexibility index (Phi) is 6.28. The molecule has 2 aromatic carbocycles. The average Bonchev–Trinajstić information content (AvgIpc) is 3.22. The zero-order valence-electron chi connectivity index (χ0n) is 16.4. The van der Waals surface area contributed by atoms with Gasteiger partial charge in [0.2, 0.25) is 18.4 Å². The molecule has 9 nitrogen and oxygen atoms in total. The number of ether oxygens (including phenoxy) is 5. The Balaban J connectivity index is 1.55. The van der Waals surface area contributed by atoms with E-state index >= 15 is 0 Å². The van der Waals surface area contributed by atoms with Gasteiger partial charge in [0.25, 0.3) is 5.91 Å². The minimum Gasteiger partial charge on any atom is -0.493 e. The summed E-state index contributed by atoms with van der Waals surface area (Å²) in [5.41, 5.74) is 1.14. The molecule has 2 aromatic rings. The van der Waals surface area contributed by atoms with E-state index in [1.54, 1.807) is 12.1 Å². The van der Waals surface area contributed by atoms with Crippen LogP contribution in [0.2, 0.25) is 0 Å². The Labute approximate surface area is 167 Å².